The summed E-state index contributed by atoms with van der Waals surface area (Å²) in [6, 6.07) is 24.0. The lowest BCUT2D eigenvalue weighted by Gasteiger charge is -2.31. The largest absolute Gasteiger partial charge is 0.483 e. The topological polar surface area (TPSA) is 58.6 Å². The van der Waals surface area contributed by atoms with Crippen molar-refractivity contribution in [2.75, 3.05) is 13.7 Å². The maximum atomic E-state index is 13.6. The van der Waals surface area contributed by atoms with E-state index < -0.39 is 6.04 Å². The van der Waals surface area contributed by atoms with Crippen LogP contribution in [0.25, 0.3) is 0 Å². The molecule has 35 heavy (non-hydrogen) atoms. The summed E-state index contributed by atoms with van der Waals surface area (Å²) in [5, 5.41) is 3.29. The van der Waals surface area contributed by atoms with Gasteiger partial charge in [-0.1, -0.05) is 93.0 Å². The van der Waals surface area contributed by atoms with Gasteiger partial charge >= 0.3 is 0 Å². The van der Waals surface area contributed by atoms with Crippen LogP contribution in [0, 0.1) is 0 Å². The number of hydrogen-bond donors (Lipinski definition) is 1. The predicted molar refractivity (Wildman–Crippen MR) is 141 cm³/mol. The molecule has 5 nitrogen and oxygen atoms in total. The van der Waals surface area contributed by atoms with Crippen LogP contribution in [0.4, 0.5) is 0 Å². The Kier molecular flexibility index (Phi) is 8.94. The molecule has 3 rings (SSSR count). The molecule has 0 heterocycles. The highest BCUT2D eigenvalue weighted by molar-refractivity contribution is 6.30. The number of hydrogen-bond acceptors (Lipinski definition) is 3. The molecule has 1 N–H and O–H groups in total. The number of nitrogens with one attached hydrogen (secondary N) is 1. The van der Waals surface area contributed by atoms with E-state index in [0.29, 0.717) is 17.2 Å². The minimum Gasteiger partial charge on any atom is -0.483 e. The van der Waals surface area contributed by atoms with Crippen LogP contribution in [-0.4, -0.2) is 36.4 Å². The Bertz CT molecular complexity index is 1140. The molecule has 0 fully saturated rings. The summed E-state index contributed by atoms with van der Waals surface area (Å²) < 4.78 is 6.03. The van der Waals surface area contributed by atoms with E-state index in [2.05, 4.69) is 26.1 Å². The number of halogens is 1. The zero-order valence-corrected chi connectivity index (χ0v) is 21.5. The lowest BCUT2D eigenvalue weighted by Crippen LogP contribution is -2.51. The number of rotatable bonds is 9. The van der Waals surface area contributed by atoms with E-state index in [9.17, 15) is 9.59 Å². The smallest absolute Gasteiger partial charge is 0.261 e. The zero-order chi connectivity index (χ0) is 25.4. The molecule has 184 valence electrons. The van der Waals surface area contributed by atoms with Crippen LogP contribution in [0.15, 0.2) is 78.9 Å². The third-order valence-electron chi connectivity index (χ3n) is 5.81. The van der Waals surface area contributed by atoms with Crippen LogP contribution in [0.3, 0.4) is 0 Å². The van der Waals surface area contributed by atoms with Gasteiger partial charge in [0.1, 0.15) is 11.8 Å². The molecule has 1 atom stereocenters. The molecule has 6 heteroatoms. The highest BCUT2D eigenvalue weighted by atomic mass is 35.5. The molecule has 2 amide bonds. The number of carbonyl (C=O) groups excluding carboxylic acids is 2. The van der Waals surface area contributed by atoms with E-state index in [4.69, 9.17) is 16.3 Å². The highest BCUT2D eigenvalue weighted by Gasteiger charge is 2.30. The van der Waals surface area contributed by atoms with Gasteiger partial charge in [-0.3, -0.25) is 9.59 Å². The van der Waals surface area contributed by atoms with Crippen molar-refractivity contribution in [1.29, 1.82) is 0 Å². The van der Waals surface area contributed by atoms with Crippen molar-refractivity contribution in [2.45, 2.75) is 45.2 Å². The van der Waals surface area contributed by atoms with Gasteiger partial charge in [-0.05, 0) is 40.3 Å². The number of likely N-dealkylation sites (N-methyl/N-ethyl adjacent to an activating group) is 1. The van der Waals surface area contributed by atoms with Crippen molar-refractivity contribution < 1.29 is 14.3 Å². The average molecular weight is 493 g/mol. The first kappa shape index (κ1) is 26.3. The van der Waals surface area contributed by atoms with Crippen molar-refractivity contribution >= 4 is 23.4 Å². The van der Waals surface area contributed by atoms with E-state index in [1.165, 1.54) is 0 Å². The summed E-state index contributed by atoms with van der Waals surface area (Å²) >= 11 is 6.20. The summed E-state index contributed by atoms with van der Waals surface area (Å²) in [5.41, 5.74) is 2.67. The van der Waals surface area contributed by atoms with E-state index in [1.807, 2.05) is 66.7 Å². The molecule has 0 spiro atoms. The first-order valence-electron chi connectivity index (χ1n) is 11.7. The minimum atomic E-state index is -0.713. The predicted octanol–water partition coefficient (Wildman–Crippen LogP) is 5.40. The Labute approximate surface area is 213 Å². The molecular weight excluding hydrogens is 460 g/mol. The Hall–Kier alpha value is -3.31. The van der Waals surface area contributed by atoms with Crippen LogP contribution in [0.2, 0.25) is 5.02 Å². The number of benzene rings is 3. The van der Waals surface area contributed by atoms with Crippen LogP contribution in [-0.2, 0) is 28.0 Å². The minimum absolute atomic E-state index is 0.141. The second-order valence-electron chi connectivity index (χ2n) is 9.51. The maximum absolute atomic E-state index is 13.6. The third kappa shape index (κ3) is 7.33. The van der Waals surface area contributed by atoms with Gasteiger partial charge in [0.2, 0.25) is 5.91 Å². The standard InChI is InChI=1S/C29H33ClN2O3/c1-29(2,3)24-15-8-9-16-26(24)35-20-27(33)32(19-22-13-10-14-23(30)17-22)25(28(34)31-4)18-21-11-6-5-7-12-21/h5-17,25H,18-20H2,1-4H3,(H,31,34)/t25-/m1/s1. The Morgan fingerprint density at radius 1 is 0.943 bits per heavy atom. The number of carbonyl (C=O) groups is 2. The monoisotopic (exact) mass is 492 g/mol. The maximum Gasteiger partial charge on any atom is 0.261 e. The van der Waals surface area contributed by atoms with Crippen molar-refractivity contribution in [1.82, 2.24) is 10.2 Å². The van der Waals surface area contributed by atoms with Gasteiger partial charge in [0.05, 0.1) is 0 Å². The van der Waals surface area contributed by atoms with Crippen molar-refractivity contribution in [3.8, 4) is 5.75 Å². The van der Waals surface area contributed by atoms with Gasteiger partial charge in [0.25, 0.3) is 5.91 Å². The molecule has 0 bridgehead atoms. The van der Waals surface area contributed by atoms with Gasteiger partial charge in [-0.2, -0.15) is 0 Å². The first-order valence-corrected chi connectivity index (χ1v) is 12.1. The second kappa shape index (κ2) is 11.9. The molecule has 0 aliphatic heterocycles. The molecule has 3 aromatic rings. The number of para-hydroxylation sites is 1. The summed E-state index contributed by atoms with van der Waals surface area (Å²) in [4.78, 5) is 28.2. The van der Waals surface area contributed by atoms with Gasteiger partial charge < -0.3 is 15.0 Å². The summed E-state index contributed by atoms with van der Waals surface area (Å²) in [7, 11) is 1.58. The molecule has 0 aliphatic carbocycles. The molecular formula is C29H33ClN2O3. The number of ether oxygens (including phenoxy) is 1. The third-order valence-corrected chi connectivity index (χ3v) is 6.04. The molecule has 0 saturated carbocycles. The van der Waals surface area contributed by atoms with Gasteiger partial charge in [0.15, 0.2) is 6.61 Å². The van der Waals surface area contributed by atoms with Crippen molar-refractivity contribution in [2.24, 2.45) is 0 Å². The molecule has 0 aromatic heterocycles. The number of nitrogens with zero attached hydrogens (tertiary/aromatic N) is 1. The lowest BCUT2D eigenvalue weighted by molar-refractivity contribution is -0.142. The molecule has 0 radical (unpaired) electrons. The van der Waals surface area contributed by atoms with Gasteiger partial charge in [-0.15, -0.1) is 0 Å². The van der Waals surface area contributed by atoms with E-state index in [-0.39, 0.29) is 30.4 Å². The number of amides is 2. The highest BCUT2D eigenvalue weighted by Crippen LogP contribution is 2.31. The fraction of sp³-hybridized carbons (Fsp3) is 0.310. The molecule has 0 saturated heterocycles. The van der Waals surface area contributed by atoms with Crippen LogP contribution in [0.5, 0.6) is 5.75 Å². The van der Waals surface area contributed by atoms with E-state index in [1.54, 1.807) is 24.1 Å². The Morgan fingerprint density at radius 3 is 2.26 bits per heavy atom. The summed E-state index contributed by atoms with van der Waals surface area (Å²) in [6.07, 6.45) is 0.380. The molecule has 0 aliphatic rings. The van der Waals surface area contributed by atoms with Crippen LogP contribution >= 0.6 is 11.6 Å². The quantitative estimate of drug-likeness (QED) is 0.435. The van der Waals surface area contributed by atoms with Crippen molar-refractivity contribution in [3.05, 3.63) is 101 Å². The van der Waals surface area contributed by atoms with E-state index in [0.717, 1.165) is 16.7 Å². The molecule has 3 aromatic carbocycles. The first-order chi connectivity index (χ1) is 16.7. The zero-order valence-electron chi connectivity index (χ0n) is 20.8. The average Bonchev–Trinajstić information content (AvgIpc) is 2.84. The summed E-state index contributed by atoms with van der Waals surface area (Å²) in [6.45, 7) is 6.35. The summed E-state index contributed by atoms with van der Waals surface area (Å²) in [5.74, 6) is 0.146. The SMILES string of the molecule is CNC(=O)[C@@H](Cc1ccccc1)N(Cc1cccc(Cl)c1)C(=O)COc1ccccc1C(C)(C)C. The fourth-order valence-electron chi connectivity index (χ4n) is 3.99. The fourth-order valence-corrected chi connectivity index (χ4v) is 4.20. The van der Waals surface area contributed by atoms with Crippen LogP contribution in [0.1, 0.15) is 37.5 Å². The Morgan fingerprint density at radius 2 is 1.60 bits per heavy atom. The van der Waals surface area contributed by atoms with Crippen molar-refractivity contribution in [3.63, 3.8) is 0 Å². The Balaban J connectivity index is 1.91. The molecule has 0 unspecified atom stereocenters. The van der Waals surface area contributed by atoms with Gasteiger partial charge in [-0.25, -0.2) is 0 Å². The van der Waals surface area contributed by atoms with Gasteiger partial charge in [0, 0.05) is 25.0 Å². The van der Waals surface area contributed by atoms with Crippen LogP contribution < -0.4 is 10.1 Å². The normalized spacial score (nSPS) is 12.0. The lowest BCUT2D eigenvalue weighted by atomic mass is 9.86. The van der Waals surface area contributed by atoms with E-state index >= 15 is 0 Å². The second-order valence-corrected chi connectivity index (χ2v) is 9.94.